The van der Waals surface area contributed by atoms with E-state index in [0.29, 0.717) is 29.7 Å². The molecule has 0 bridgehead atoms. The van der Waals surface area contributed by atoms with E-state index in [2.05, 4.69) is 34.3 Å². The van der Waals surface area contributed by atoms with Crippen LogP contribution < -0.4 is 0 Å². The molecule has 0 amide bonds. The highest BCUT2D eigenvalue weighted by molar-refractivity contribution is 5.78. The lowest BCUT2D eigenvalue weighted by molar-refractivity contribution is -0.241. The van der Waals surface area contributed by atoms with Crippen LogP contribution in [0.3, 0.4) is 0 Å². The number of carboxylic acid groups (broad SMARTS) is 1. The first-order chi connectivity index (χ1) is 15.9. The first kappa shape index (κ1) is 24.5. The fourth-order valence-electron chi connectivity index (χ4n) is 11.6. The number of aliphatic hydroxyl groups excluding tert-OH is 1. The highest BCUT2D eigenvalue weighted by atomic mass is 16.4. The van der Waals surface area contributed by atoms with Gasteiger partial charge in [-0.05, 0) is 121 Å². The minimum atomic E-state index is -0.689. The summed E-state index contributed by atoms with van der Waals surface area (Å²) in [5.74, 6) is 0.896. The maximum absolute atomic E-state index is 12.8. The molecular formula is C30H46O4. The van der Waals surface area contributed by atoms with Gasteiger partial charge in [-0.25, -0.2) is 0 Å². The van der Waals surface area contributed by atoms with Gasteiger partial charge in [0.05, 0.1) is 5.41 Å². The van der Waals surface area contributed by atoms with E-state index in [1.165, 1.54) is 25.7 Å². The lowest BCUT2D eigenvalue weighted by Crippen LogP contribution is -2.66. The third-order valence-corrected chi connectivity index (χ3v) is 13.4. The third kappa shape index (κ3) is 2.81. The van der Waals surface area contributed by atoms with Gasteiger partial charge in [0.15, 0.2) is 0 Å². The normalized spacial score (nSPS) is 54.2. The number of hydrogen-bond donors (Lipinski definition) is 2. The highest BCUT2D eigenvalue weighted by Crippen LogP contribution is 2.77. The molecule has 0 radical (unpaired) electrons. The lowest BCUT2D eigenvalue weighted by atomic mass is 9.32. The minimum Gasteiger partial charge on any atom is -0.481 e. The first-order valence-corrected chi connectivity index (χ1v) is 13.9. The van der Waals surface area contributed by atoms with Crippen molar-refractivity contribution in [3.05, 3.63) is 12.2 Å². The molecule has 10 atom stereocenters. The quantitative estimate of drug-likeness (QED) is 0.375. The van der Waals surface area contributed by atoms with Crippen molar-refractivity contribution in [3.8, 4) is 0 Å². The van der Waals surface area contributed by atoms with E-state index in [1.54, 1.807) is 0 Å². The summed E-state index contributed by atoms with van der Waals surface area (Å²) in [6.07, 6.45) is 12.2. The molecule has 0 aromatic heterocycles. The number of hydrogen-bond acceptors (Lipinski definition) is 3. The molecule has 4 nitrogen and oxygen atoms in total. The van der Waals surface area contributed by atoms with Crippen LogP contribution in [0.1, 0.15) is 98.3 Å². The molecule has 5 fully saturated rings. The largest absolute Gasteiger partial charge is 0.481 e. The topological polar surface area (TPSA) is 74.6 Å². The summed E-state index contributed by atoms with van der Waals surface area (Å²) < 4.78 is 0. The molecular weight excluding hydrogens is 424 g/mol. The van der Waals surface area contributed by atoms with Gasteiger partial charge in [0, 0.05) is 6.61 Å². The second-order valence-corrected chi connectivity index (χ2v) is 14.2. The summed E-state index contributed by atoms with van der Waals surface area (Å²) in [5.41, 5.74) is 0.424. The van der Waals surface area contributed by atoms with Gasteiger partial charge in [0.25, 0.3) is 0 Å². The van der Waals surface area contributed by atoms with Crippen LogP contribution in [-0.2, 0) is 9.59 Å². The molecule has 2 N–H and O–H groups in total. The summed E-state index contributed by atoms with van der Waals surface area (Å²) in [4.78, 5) is 24.6. The number of aldehydes is 1. The Morgan fingerprint density at radius 2 is 1.65 bits per heavy atom. The van der Waals surface area contributed by atoms with Crippen LogP contribution in [0.2, 0.25) is 0 Å². The molecule has 0 spiro atoms. The molecule has 5 saturated carbocycles. The van der Waals surface area contributed by atoms with Crippen molar-refractivity contribution < 1.29 is 19.8 Å². The Morgan fingerprint density at radius 1 is 0.912 bits per heavy atom. The van der Waals surface area contributed by atoms with Crippen LogP contribution in [0.15, 0.2) is 12.2 Å². The Bertz CT molecular complexity index is 896. The summed E-state index contributed by atoms with van der Waals surface area (Å²) in [6.45, 7) is 14.3. The monoisotopic (exact) mass is 470 g/mol. The number of aliphatic hydroxyl groups is 1. The average Bonchev–Trinajstić information content (AvgIpc) is 3.20. The van der Waals surface area contributed by atoms with Crippen molar-refractivity contribution >= 4 is 12.3 Å². The standard InChI is InChI=1S/C30H46O4/c1-19(17-31)20-9-14-30(25(33)34)16-15-28(4)21(24(20)30)7-8-23-27(3)12-6-11-26(2,18-32)22(27)10-13-29(23,28)5/h17,20-24,32H,1,6-16,18H2,2-5H3,(H,33,34)/t20-,21+,22-,23+,24+,26?,27-,28+,29+,30-/m0/s1. The summed E-state index contributed by atoms with van der Waals surface area (Å²) in [6, 6.07) is 0. The molecule has 190 valence electrons. The number of aliphatic carboxylic acids is 1. The molecule has 0 aliphatic heterocycles. The van der Waals surface area contributed by atoms with E-state index in [1.807, 2.05) is 0 Å². The van der Waals surface area contributed by atoms with Crippen molar-refractivity contribution in [1.29, 1.82) is 0 Å². The molecule has 4 heteroatoms. The second-order valence-electron chi connectivity index (χ2n) is 14.2. The number of carboxylic acids is 1. The lowest BCUT2D eigenvalue weighted by Gasteiger charge is -2.72. The predicted octanol–water partition coefficient (Wildman–Crippen LogP) is 6.27. The molecule has 5 aliphatic carbocycles. The summed E-state index contributed by atoms with van der Waals surface area (Å²) in [7, 11) is 0. The van der Waals surface area contributed by atoms with Gasteiger partial charge in [-0.1, -0.05) is 40.7 Å². The smallest absolute Gasteiger partial charge is 0.309 e. The first-order valence-electron chi connectivity index (χ1n) is 13.9. The zero-order valence-corrected chi connectivity index (χ0v) is 21.9. The Hall–Kier alpha value is -1.16. The van der Waals surface area contributed by atoms with Gasteiger partial charge >= 0.3 is 5.97 Å². The van der Waals surface area contributed by atoms with Crippen LogP contribution in [0.4, 0.5) is 0 Å². The van der Waals surface area contributed by atoms with Crippen LogP contribution >= 0.6 is 0 Å². The van der Waals surface area contributed by atoms with E-state index in [9.17, 15) is 19.8 Å². The van der Waals surface area contributed by atoms with Gasteiger partial charge < -0.3 is 10.2 Å². The molecule has 0 aromatic carbocycles. The van der Waals surface area contributed by atoms with E-state index >= 15 is 0 Å². The Balaban J connectivity index is 1.57. The Morgan fingerprint density at radius 3 is 2.29 bits per heavy atom. The van der Waals surface area contributed by atoms with E-state index in [0.717, 1.165) is 44.8 Å². The van der Waals surface area contributed by atoms with Crippen LogP contribution in [0.25, 0.3) is 0 Å². The molecule has 5 rings (SSSR count). The molecule has 34 heavy (non-hydrogen) atoms. The van der Waals surface area contributed by atoms with Crippen molar-refractivity contribution in [3.63, 3.8) is 0 Å². The van der Waals surface area contributed by atoms with Gasteiger partial charge in [-0.2, -0.15) is 0 Å². The third-order valence-electron chi connectivity index (χ3n) is 13.4. The van der Waals surface area contributed by atoms with Gasteiger partial charge in [0.2, 0.25) is 0 Å². The average molecular weight is 471 g/mol. The van der Waals surface area contributed by atoms with Crippen molar-refractivity contribution in [2.24, 2.45) is 56.7 Å². The molecule has 1 unspecified atom stereocenters. The van der Waals surface area contributed by atoms with Crippen LogP contribution in [0, 0.1) is 56.7 Å². The second kappa shape index (κ2) is 7.67. The predicted molar refractivity (Wildman–Crippen MR) is 133 cm³/mol. The molecule has 0 heterocycles. The fourth-order valence-corrected chi connectivity index (χ4v) is 11.6. The number of carbonyl (C=O) groups is 2. The fraction of sp³-hybridized carbons (Fsp3) is 0.867. The summed E-state index contributed by atoms with van der Waals surface area (Å²) >= 11 is 0. The maximum atomic E-state index is 12.8. The van der Waals surface area contributed by atoms with Crippen LogP contribution in [-0.4, -0.2) is 29.1 Å². The zero-order chi connectivity index (χ0) is 24.7. The van der Waals surface area contributed by atoms with Crippen molar-refractivity contribution in [2.45, 2.75) is 98.3 Å². The van der Waals surface area contributed by atoms with E-state index in [4.69, 9.17) is 0 Å². The molecule has 0 saturated heterocycles. The molecule has 0 aromatic rings. The number of rotatable bonds is 4. The van der Waals surface area contributed by atoms with E-state index < -0.39 is 11.4 Å². The highest BCUT2D eigenvalue weighted by Gasteiger charge is 2.71. The van der Waals surface area contributed by atoms with Crippen molar-refractivity contribution in [2.75, 3.05) is 6.61 Å². The minimum absolute atomic E-state index is 0.0117. The number of carbonyl (C=O) groups excluding carboxylic acids is 1. The Kier molecular flexibility index (Phi) is 5.53. The van der Waals surface area contributed by atoms with Gasteiger partial charge in [0.1, 0.15) is 6.29 Å². The van der Waals surface area contributed by atoms with Gasteiger partial charge in [-0.3, -0.25) is 9.59 Å². The number of allylic oxidation sites excluding steroid dienone is 1. The SMILES string of the molecule is C=C(C=O)[C@@H]1CC[C@]2(C(=O)O)CC[C@]3(C)[C@H](CC[C@@H]4[C@@]5(C)CCCC(C)(CO)[C@@H]5CC[C@]43C)[C@@H]12. The van der Waals surface area contributed by atoms with Crippen molar-refractivity contribution in [1.82, 2.24) is 0 Å². The summed E-state index contributed by atoms with van der Waals surface area (Å²) in [5, 5.41) is 20.9. The van der Waals surface area contributed by atoms with Gasteiger partial charge in [-0.15, -0.1) is 0 Å². The molecule has 5 aliphatic rings. The maximum Gasteiger partial charge on any atom is 0.309 e. The zero-order valence-electron chi connectivity index (χ0n) is 21.9. The van der Waals surface area contributed by atoms with Crippen LogP contribution in [0.5, 0.6) is 0 Å². The van der Waals surface area contributed by atoms with E-state index in [-0.39, 0.29) is 40.1 Å². The Labute approximate surface area is 206 Å². The number of fused-ring (bicyclic) bond motifs is 7.